The molecule has 0 amide bonds. The van der Waals surface area contributed by atoms with Gasteiger partial charge in [-0.05, 0) is 30.5 Å². The van der Waals surface area contributed by atoms with Crippen LogP contribution in [0, 0.1) is 0 Å². The van der Waals surface area contributed by atoms with Crippen LogP contribution in [0.3, 0.4) is 0 Å². The summed E-state index contributed by atoms with van der Waals surface area (Å²) < 4.78 is 0. The lowest BCUT2D eigenvalue weighted by Crippen LogP contribution is -1.97. The van der Waals surface area contributed by atoms with Gasteiger partial charge in [0.05, 0.1) is 6.10 Å². The topological polar surface area (TPSA) is 33.1 Å². The van der Waals surface area contributed by atoms with Crippen LogP contribution in [0.2, 0.25) is 0 Å². The van der Waals surface area contributed by atoms with Crippen LogP contribution in [0.1, 0.15) is 31.1 Å². The molecule has 0 aliphatic heterocycles. The Kier molecular flexibility index (Phi) is 2.60. The second-order valence-corrected chi connectivity index (χ2v) is 2.60. The minimum atomic E-state index is -0.382. The molecule has 11 heavy (non-hydrogen) atoms. The molecule has 60 valence electrons. The first-order valence-electron chi connectivity index (χ1n) is 3.86. The Balaban J connectivity index is 3.02. The van der Waals surface area contributed by atoms with Crippen LogP contribution in [0.5, 0.6) is 0 Å². The van der Waals surface area contributed by atoms with E-state index in [-0.39, 0.29) is 6.10 Å². The molecule has 1 rings (SSSR count). The van der Waals surface area contributed by atoms with Gasteiger partial charge in [0.2, 0.25) is 0 Å². The average Bonchev–Trinajstić information content (AvgIpc) is 2.04. The predicted octanol–water partition coefficient (Wildman–Crippen LogP) is 1.70. The Hall–Kier alpha value is -0.890. The van der Waals surface area contributed by atoms with Gasteiger partial charge >= 0.3 is 0 Å². The quantitative estimate of drug-likeness (QED) is 0.697. The highest BCUT2D eigenvalue weighted by Crippen LogP contribution is 2.15. The van der Waals surface area contributed by atoms with Gasteiger partial charge in [0, 0.05) is 12.4 Å². The van der Waals surface area contributed by atoms with E-state index in [2.05, 4.69) is 11.9 Å². The number of aryl methyl sites for hydroxylation is 1. The molecule has 0 saturated carbocycles. The van der Waals surface area contributed by atoms with E-state index in [1.165, 1.54) is 0 Å². The molecule has 0 saturated heterocycles. The van der Waals surface area contributed by atoms with Gasteiger partial charge in [-0.15, -0.1) is 0 Å². The molecule has 2 nitrogen and oxygen atoms in total. The first-order valence-corrected chi connectivity index (χ1v) is 3.86. The van der Waals surface area contributed by atoms with Crippen LogP contribution in [0.4, 0.5) is 0 Å². The Morgan fingerprint density at radius 2 is 2.36 bits per heavy atom. The molecule has 0 aliphatic rings. The minimum Gasteiger partial charge on any atom is -0.389 e. The lowest BCUT2D eigenvalue weighted by atomic mass is 10.0. The van der Waals surface area contributed by atoms with Gasteiger partial charge in [-0.3, -0.25) is 4.98 Å². The van der Waals surface area contributed by atoms with Crippen molar-refractivity contribution in [1.82, 2.24) is 4.98 Å². The lowest BCUT2D eigenvalue weighted by Gasteiger charge is -2.08. The van der Waals surface area contributed by atoms with Crippen LogP contribution in [-0.4, -0.2) is 10.1 Å². The summed E-state index contributed by atoms with van der Waals surface area (Å²) in [5, 5.41) is 9.31. The van der Waals surface area contributed by atoms with E-state index in [0.29, 0.717) is 0 Å². The van der Waals surface area contributed by atoms with E-state index >= 15 is 0 Å². The van der Waals surface area contributed by atoms with Crippen LogP contribution < -0.4 is 0 Å². The van der Waals surface area contributed by atoms with Gasteiger partial charge < -0.3 is 5.11 Å². The molecule has 1 heterocycles. The summed E-state index contributed by atoms with van der Waals surface area (Å²) in [6.07, 6.45) is 4.06. The summed E-state index contributed by atoms with van der Waals surface area (Å²) in [5.74, 6) is 0. The number of rotatable bonds is 2. The molecule has 1 atom stereocenters. The number of aliphatic hydroxyl groups is 1. The lowest BCUT2D eigenvalue weighted by molar-refractivity contribution is 0.198. The van der Waals surface area contributed by atoms with E-state index < -0.39 is 0 Å². The standard InChI is InChI=1S/C9H13NO/c1-3-8-6-10-5-4-9(8)7(2)11/h4-7,11H,3H2,1-2H3/t7-/m0/s1. The number of pyridine rings is 1. The van der Waals surface area contributed by atoms with Gasteiger partial charge in [0.1, 0.15) is 0 Å². The maximum Gasteiger partial charge on any atom is 0.0765 e. The second kappa shape index (κ2) is 3.49. The van der Waals surface area contributed by atoms with Gasteiger partial charge in [0.25, 0.3) is 0 Å². The van der Waals surface area contributed by atoms with Gasteiger partial charge in [-0.1, -0.05) is 6.92 Å². The number of nitrogens with zero attached hydrogens (tertiary/aromatic N) is 1. The Morgan fingerprint density at radius 1 is 1.64 bits per heavy atom. The van der Waals surface area contributed by atoms with Crippen LogP contribution in [-0.2, 0) is 6.42 Å². The summed E-state index contributed by atoms with van der Waals surface area (Å²) >= 11 is 0. The first kappa shape index (κ1) is 8.21. The van der Waals surface area contributed by atoms with Crippen molar-refractivity contribution in [2.24, 2.45) is 0 Å². The first-order chi connectivity index (χ1) is 5.25. The molecule has 1 aromatic heterocycles. The fourth-order valence-electron chi connectivity index (χ4n) is 1.14. The number of hydrogen-bond donors (Lipinski definition) is 1. The summed E-state index contributed by atoms with van der Waals surface area (Å²) in [7, 11) is 0. The predicted molar refractivity (Wildman–Crippen MR) is 44.2 cm³/mol. The third-order valence-electron chi connectivity index (χ3n) is 1.77. The molecule has 0 aromatic carbocycles. The van der Waals surface area contributed by atoms with Crippen molar-refractivity contribution < 1.29 is 5.11 Å². The highest BCUT2D eigenvalue weighted by Gasteiger charge is 2.04. The fraction of sp³-hybridized carbons (Fsp3) is 0.444. The van der Waals surface area contributed by atoms with Gasteiger partial charge in [-0.2, -0.15) is 0 Å². The fourth-order valence-corrected chi connectivity index (χ4v) is 1.14. The maximum atomic E-state index is 9.31. The minimum absolute atomic E-state index is 0.382. The summed E-state index contributed by atoms with van der Waals surface area (Å²) in [6.45, 7) is 3.83. The summed E-state index contributed by atoms with van der Waals surface area (Å²) in [6, 6.07) is 1.86. The number of aliphatic hydroxyl groups excluding tert-OH is 1. The van der Waals surface area contributed by atoms with Crippen LogP contribution in [0.25, 0.3) is 0 Å². The van der Waals surface area contributed by atoms with Crippen molar-refractivity contribution in [2.75, 3.05) is 0 Å². The zero-order valence-electron chi connectivity index (χ0n) is 6.91. The summed E-state index contributed by atoms with van der Waals surface area (Å²) in [5.41, 5.74) is 2.12. The van der Waals surface area contributed by atoms with E-state index in [4.69, 9.17) is 0 Å². The monoisotopic (exact) mass is 151 g/mol. The molecule has 0 spiro atoms. The van der Waals surface area contributed by atoms with Gasteiger partial charge in [0.15, 0.2) is 0 Å². The molecule has 0 aliphatic carbocycles. The SMILES string of the molecule is CCc1cnccc1[C@H](C)O. The summed E-state index contributed by atoms with van der Waals surface area (Å²) in [4.78, 5) is 3.99. The molecule has 1 N–H and O–H groups in total. The number of aromatic nitrogens is 1. The number of hydrogen-bond acceptors (Lipinski definition) is 2. The average molecular weight is 151 g/mol. The largest absolute Gasteiger partial charge is 0.389 e. The van der Waals surface area contributed by atoms with Crippen molar-refractivity contribution >= 4 is 0 Å². The molecular formula is C9H13NO. The molecular weight excluding hydrogens is 138 g/mol. The highest BCUT2D eigenvalue weighted by atomic mass is 16.3. The Labute approximate surface area is 66.9 Å². The smallest absolute Gasteiger partial charge is 0.0765 e. The molecule has 0 unspecified atom stereocenters. The second-order valence-electron chi connectivity index (χ2n) is 2.60. The van der Waals surface area contributed by atoms with Gasteiger partial charge in [-0.25, -0.2) is 0 Å². The third kappa shape index (κ3) is 1.77. The molecule has 2 heteroatoms. The molecule has 0 fully saturated rings. The third-order valence-corrected chi connectivity index (χ3v) is 1.77. The van der Waals surface area contributed by atoms with Crippen LogP contribution in [0.15, 0.2) is 18.5 Å². The van der Waals surface area contributed by atoms with E-state index in [0.717, 1.165) is 17.5 Å². The van der Waals surface area contributed by atoms with E-state index in [1.807, 2.05) is 12.3 Å². The van der Waals surface area contributed by atoms with Crippen LogP contribution >= 0.6 is 0 Å². The van der Waals surface area contributed by atoms with E-state index in [1.54, 1.807) is 13.1 Å². The highest BCUT2D eigenvalue weighted by molar-refractivity contribution is 5.24. The zero-order valence-corrected chi connectivity index (χ0v) is 6.91. The molecule has 1 aromatic rings. The Bertz CT molecular complexity index is 233. The molecule has 0 radical (unpaired) electrons. The van der Waals surface area contributed by atoms with E-state index in [9.17, 15) is 5.11 Å². The van der Waals surface area contributed by atoms with Crippen molar-refractivity contribution in [3.8, 4) is 0 Å². The normalized spacial score (nSPS) is 13.0. The zero-order chi connectivity index (χ0) is 8.27. The van der Waals surface area contributed by atoms with Crippen molar-refractivity contribution in [3.05, 3.63) is 29.6 Å². The van der Waals surface area contributed by atoms with Crippen molar-refractivity contribution in [2.45, 2.75) is 26.4 Å². The van der Waals surface area contributed by atoms with Crippen molar-refractivity contribution in [3.63, 3.8) is 0 Å². The van der Waals surface area contributed by atoms with Crippen molar-refractivity contribution in [1.29, 1.82) is 0 Å². The maximum absolute atomic E-state index is 9.31. The Morgan fingerprint density at radius 3 is 2.82 bits per heavy atom. The molecule has 0 bridgehead atoms.